The van der Waals surface area contributed by atoms with Crippen LogP contribution in [-0.2, 0) is 11.2 Å². The molecule has 0 spiro atoms. The van der Waals surface area contributed by atoms with Crippen LogP contribution in [0.25, 0.3) is 11.3 Å². The second kappa shape index (κ2) is 8.34. The monoisotopic (exact) mass is 365 g/mol. The Hall–Kier alpha value is -2.37. The van der Waals surface area contributed by atoms with Crippen molar-refractivity contribution in [3.63, 3.8) is 0 Å². The Bertz CT molecular complexity index is 811. The highest BCUT2D eigenvalue weighted by atomic mass is 32.1. The third kappa shape index (κ3) is 4.23. The number of rotatable bonds is 6. The summed E-state index contributed by atoms with van der Waals surface area (Å²) in [6.45, 7) is 4.45. The predicted octanol–water partition coefficient (Wildman–Crippen LogP) is 4.30. The molecule has 2 aromatic carbocycles. The molecule has 0 radical (unpaired) electrons. The van der Waals surface area contributed by atoms with Crippen LogP contribution in [0, 0.1) is 0 Å². The zero-order valence-corrected chi connectivity index (χ0v) is 15.5. The molecular formula is C21H23N3OS. The van der Waals surface area contributed by atoms with Crippen LogP contribution in [0.4, 0.5) is 10.8 Å². The zero-order valence-electron chi connectivity index (χ0n) is 14.7. The summed E-state index contributed by atoms with van der Waals surface area (Å²) in [5.74, 6) is 0. The number of hydrogen-bond acceptors (Lipinski definition) is 5. The van der Waals surface area contributed by atoms with E-state index in [1.165, 1.54) is 11.3 Å². The fourth-order valence-corrected chi connectivity index (χ4v) is 3.86. The van der Waals surface area contributed by atoms with Gasteiger partial charge in [-0.15, -0.1) is 11.3 Å². The Balaban J connectivity index is 1.35. The summed E-state index contributed by atoms with van der Waals surface area (Å²) in [4.78, 5) is 7.09. The van der Waals surface area contributed by atoms with E-state index in [9.17, 15) is 0 Å². The number of aromatic nitrogens is 1. The van der Waals surface area contributed by atoms with Crippen LogP contribution >= 0.6 is 11.3 Å². The normalized spacial score (nSPS) is 14.4. The van der Waals surface area contributed by atoms with Gasteiger partial charge in [-0.2, -0.15) is 0 Å². The minimum absolute atomic E-state index is 0.811. The summed E-state index contributed by atoms with van der Waals surface area (Å²) in [6.07, 6.45) is 1.00. The van der Waals surface area contributed by atoms with Crippen LogP contribution in [0.15, 0.2) is 60.0 Å². The van der Waals surface area contributed by atoms with Crippen molar-refractivity contribution in [2.24, 2.45) is 0 Å². The quantitative estimate of drug-likeness (QED) is 0.707. The number of nitrogens with one attached hydrogen (secondary N) is 1. The maximum atomic E-state index is 5.42. The van der Waals surface area contributed by atoms with E-state index in [4.69, 9.17) is 9.72 Å². The average Bonchev–Trinajstić information content (AvgIpc) is 3.19. The lowest BCUT2D eigenvalue weighted by Crippen LogP contribution is -2.36. The molecule has 3 aromatic rings. The maximum absolute atomic E-state index is 5.42. The van der Waals surface area contributed by atoms with E-state index in [1.807, 2.05) is 6.07 Å². The molecule has 1 aliphatic rings. The van der Waals surface area contributed by atoms with Gasteiger partial charge < -0.3 is 15.0 Å². The van der Waals surface area contributed by atoms with Gasteiger partial charge in [0.25, 0.3) is 0 Å². The Morgan fingerprint density at radius 3 is 2.54 bits per heavy atom. The summed E-state index contributed by atoms with van der Waals surface area (Å²) in [5, 5.41) is 6.53. The largest absolute Gasteiger partial charge is 0.378 e. The predicted molar refractivity (Wildman–Crippen MR) is 109 cm³/mol. The summed E-state index contributed by atoms with van der Waals surface area (Å²) in [7, 11) is 0. The molecule has 1 aliphatic heterocycles. The molecule has 0 unspecified atom stereocenters. The third-order valence-electron chi connectivity index (χ3n) is 4.58. The molecule has 5 heteroatoms. The van der Waals surface area contributed by atoms with Crippen molar-refractivity contribution in [1.82, 2.24) is 4.98 Å². The van der Waals surface area contributed by atoms with Crippen molar-refractivity contribution < 1.29 is 4.74 Å². The summed E-state index contributed by atoms with van der Waals surface area (Å²) >= 11 is 1.66. The lowest BCUT2D eigenvalue weighted by Gasteiger charge is -2.28. The van der Waals surface area contributed by atoms with E-state index in [-0.39, 0.29) is 0 Å². The van der Waals surface area contributed by atoms with Gasteiger partial charge in [0.05, 0.1) is 18.9 Å². The fourth-order valence-electron chi connectivity index (χ4n) is 3.11. The Labute approximate surface area is 158 Å². The second-order valence-corrected chi connectivity index (χ2v) is 7.20. The third-order valence-corrected chi connectivity index (χ3v) is 5.38. The molecule has 1 saturated heterocycles. The van der Waals surface area contributed by atoms with Gasteiger partial charge in [0.15, 0.2) is 5.13 Å². The van der Waals surface area contributed by atoms with E-state index in [2.05, 4.69) is 64.1 Å². The van der Waals surface area contributed by atoms with E-state index in [0.29, 0.717) is 0 Å². The first-order valence-corrected chi connectivity index (χ1v) is 9.93. The Morgan fingerprint density at radius 2 is 1.77 bits per heavy atom. The van der Waals surface area contributed by atoms with E-state index < -0.39 is 0 Å². The summed E-state index contributed by atoms with van der Waals surface area (Å²) in [5.41, 5.74) is 4.80. The first-order valence-electron chi connectivity index (χ1n) is 9.05. The highest BCUT2D eigenvalue weighted by molar-refractivity contribution is 7.14. The average molecular weight is 366 g/mol. The molecule has 0 bridgehead atoms. The van der Waals surface area contributed by atoms with Gasteiger partial charge in [-0.1, -0.05) is 42.5 Å². The van der Waals surface area contributed by atoms with E-state index in [1.54, 1.807) is 11.3 Å². The number of anilines is 2. The molecule has 1 N–H and O–H groups in total. The van der Waals surface area contributed by atoms with Crippen molar-refractivity contribution in [2.75, 3.05) is 43.1 Å². The first-order chi connectivity index (χ1) is 12.9. The SMILES string of the molecule is c1ccc(CCNc2nc(-c3ccc(N4CCOCC4)cc3)cs2)cc1. The van der Waals surface area contributed by atoms with Gasteiger partial charge in [-0.3, -0.25) is 0 Å². The van der Waals surface area contributed by atoms with Crippen LogP contribution < -0.4 is 10.2 Å². The van der Waals surface area contributed by atoms with Gasteiger partial charge in [0.2, 0.25) is 0 Å². The number of nitrogens with zero attached hydrogens (tertiary/aromatic N) is 2. The number of ether oxygens (including phenoxy) is 1. The molecule has 134 valence electrons. The molecule has 0 aliphatic carbocycles. The van der Waals surface area contributed by atoms with Crippen LogP contribution in [-0.4, -0.2) is 37.8 Å². The smallest absolute Gasteiger partial charge is 0.183 e. The number of hydrogen-bond donors (Lipinski definition) is 1. The minimum Gasteiger partial charge on any atom is -0.378 e. The molecule has 4 nitrogen and oxygen atoms in total. The minimum atomic E-state index is 0.811. The summed E-state index contributed by atoms with van der Waals surface area (Å²) < 4.78 is 5.42. The van der Waals surface area contributed by atoms with Crippen LogP contribution in [0.5, 0.6) is 0 Å². The van der Waals surface area contributed by atoms with Crippen LogP contribution in [0.2, 0.25) is 0 Å². The van der Waals surface area contributed by atoms with Gasteiger partial charge in [0.1, 0.15) is 0 Å². The molecule has 0 saturated carbocycles. The lowest BCUT2D eigenvalue weighted by molar-refractivity contribution is 0.122. The highest BCUT2D eigenvalue weighted by Gasteiger charge is 2.11. The van der Waals surface area contributed by atoms with Crippen molar-refractivity contribution in [1.29, 1.82) is 0 Å². The number of morpholine rings is 1. The van der Waals surface area contributed by atoms with Crippen molar-refractivity contribution in [3.8, 4) is 11.3 Å². The summed E-state index contributed by atoms with van der Waals surface area (Å²) in [6, 6.07) is 19.2. The standard InChI is InChI=1S/C21H23N3OS/c1-2-4-17(5-3-1)10-11-22-21-23-20(16-26-21)18-6-8-19(9-7-18)24-12-14-25-15-13-24/h1-9,16H,10-15H2,(H,22,23). The lowest BCUT2D eigenvalue weighted by atomic mass is 10.1. The van der Waals surface area contributed by atoms with E-state index >= 15 is 0 Å². The van der Waals surface area contributed by atoms with Crippen molar-refractivity contribution >= 4 is 22.2 Å². The second-order valence-electron chi connectivity index (χ2n) is 6.35. The van der Waals surface area contributed by atoms with Gasteiger partial charge in [-0.25, -0.2) is 4.98 Å². The highest BCUT2D eigenvalue weighted by Crippen LogP contribution is 2.27. The van der Waals surface area contributed by atoms with Crippen molar-refractivity contribution in [3.05, 3.63) is 65.5 Å². The Morgan fingerprint density at radius 1 is 1.00 bits per heavy atom. The van der Waals surface area contributed by atoms with Gasteiger partial charge in [-0.05, 0) is 24.1 Å². The molecular weight excluding hydrogens is 342 g/mol. The van der Waals surface area contributed by atoms with Crippen LogP contribution in [0.3, 0.4) is 0 Å². The van der Waals surface area contributed by atoms with Crippen LogP contribution in [0.1, 0.15) is 5.56 Å². The maximum Gasteiger partial charge on any atom is 0.183 e. The van der Waals surface area contributed by atoms with E-state index in [0.717, 1.165) is 55.7 Å². The molecule has 4 rings (SSSR count). The van der Waals surface area contributed by atoms with Gasteiger partial charge in [0, 0.05) is 36.3 Å². The molecule has 1 aromatic heterocycles. The van der Waals surface area contributed by atoms with Gasteiger partial charge >= 0.3 is 0 Å². The van der Waals surface area contributed by atoms with Crippen molar-refractivity contribution in [2.45, 2.75) is 6.42 Å². The number of thiazole rings is 1. The fraction of sp³-hybridized carbons (Fsp3) is 0.286. The molecule has 2 heterocycles. The molecule has 0 amide bonds. The molecule has 1 fully saturated rings. The Kier molecular flexibility index (Phi) is 5.47. The molecule has 26 heavy (non-hydrogen) atoms. The number of benzene rings is 2. The molecule has 0 atom stereocenters. The topological polar surface area (TPSA) is 37.4 Å². The zero-order chi connectivity index (χ0) is 17.6. The first kappa shape index (κ1) is 17.1.